The first kappa shape index (κ1) is 19.8. The van der Waals surface area contributed by atoms with Gasteiger partial charge in [0.05, 0.1) is 5.56 Å². The summed E-state index contributed by atoms with van der Waals surface area (Å²) in [5.74, 6) is -0.234. The van der Waals surface area contributed by atoms with Gasteiger partial charge in [-0.25, -0.2) is 14.6 Å². The van der Waals surface area contributed by atoms with Crippen LogP contribution in [0.3, 0.4) is 0 Å². The largest absolute Gasteiger partial charge is 0.478 e. The Kier molecular flexibility index (Phi) is 4.75. The minimum absolute atomic E-state index is 0.0908. The number of ether oxygens (including phenoxy) is 2. The van der Waals surface area contributed by atoms with Crippen LogP contribution in [-0.4, -0.2) is 34.2 Å². The van der Waals surface area contributed by atoms with Crippen molar-refractivity contribution in [3.05, 3.63) is 29.8 Å². The van der Waals surface area contributed by atoms with E-state index >= 15 is 0 Å². The highest BCUT2D eigenvalue weighted by atomic mass is 32.2. The first-order valence-electron chi connectivity index (χ1n) is 10.5. The van der Waals surface area contributed by atoms with Gasteiger partial charge in [-0.1, -0.05) is 25.6 Å². The summed E-state index contributed by atoms with van der Waals surface area (Å²) >= 11 is 1.63. The molecule has 5 aliphatic rings. The lowest BCUT2D eigenvalue weighted by Gasteiger charge is -2.60. The van der Waals surface area contributed by atoms with Crippen molar-refractivity contribution in [3.63, 3.8) is 0 Å². The van der Waals surface area contributed by atoms with Crippen molar-refractivity contribution in [2.24, 2.45) is 23.7 Å². The highest BCUT2D eigenvalue weighted by molar-refractivity contribution is 7.99. The third-order valence-electron chi connectivity index (χ3n) is 7.45. The van der Waals surface area contributed by atoms with Crippen molar-refractivity contribution >= 4 is 17.7 Å². The van der Waals surface area contributed by atoms with Gasteiger partial charge in [0.1, 0.15) is 5.44 Å². The molecule has 4 saturated heterocycles. The Morgan fingerprint density at radius 1 is 1.10 bits per heavy atom. The molecule has 1 aromatic carbocycles. The average molecular weight is 421 g/mol. The van der Waals surface area contributed by atoms with Crippen LogP contribution in [0.4, 0.5) is 0 Å². The Bertz CT molecular complexity index is 799. The van der Waals surface area contributed by atoms with E-state index in [0.29, 0.717) is 17.8 Å². The molecule has 0 amide bonds. The fourth-order valence-corrected chi connectivity index (χ4v) is 6.94. The van der Waals surface area contributed by atoms with Gasteiger partial charge in [-0.15, -0.1) is 0 Å². The van der Waals surface area contributed by atoms with Crippen LogP contribution in [0.15, 0.2) is 29.2 Å². The molecule has 1 N–H and O–H groups in total. The second-order valence-corrected chi connectivity index (χ2v) is 10.4. The molecule has 4 heterocycles. The summed E-state index contributed by atoms with van der Waals surface area (Å²) in [6.07, 6.45) is 3.62. The SMILES string of the molecule is C[C@H]1[C@H](Sc2ccc(C(=O)O)cc2)O[C@@H]2O[C@@]3(C)CC[C@H]4[C@H](C)CC[C@@H]1[C@@]24OO3. The van der Waals surface area contributed by atoms with Crippen molar-refractivity contribution in [1.29, 1.82) is 0 Å². The van der Waals surface area contributed by atoms with Crippen LogP contribution in [0, 0.1) is 23.7 Å². The van der Waals surface area contributed by atoms with Crippen molar-refractivity contribution < 1.29 is 29.1 Å². The van der Waals surface area contributed by atoms with Crippen LogP contribution in [0.5, 0.6) is 0 Å². The van der Waals surface area contributed by atoms with Crippen LogP contribution in [0.2, 0.25) is 0 Å². The normalized spacial score (nSPS) is 46.0. The lowest BCUT2D eigenvalue weighted by molar-refractivity contribution is -0.568. The van der Waals surface area contributed by atoms with Crippen molar-refractivity contribution in [2.75, 3.05) is 0 Å². The number of hydrogen-bond donors (Lipinski definition) is 1. The zero-order valence-corrected chi connectivity index (χ0v) is 17.8. The quantitative estimate of drug-likeness (QED) is 0.711. The Morgan fingerprint density at radius 3 is 2.59 bits per heavy atom. The minimum Gasteiger partial charge on any atom is -0.478 e. The maximum absolute atomic E-state index is 11.1. The van der Waals surface area contributed by atoms with Crippen LogP contribution < -0.4 is 0 Å². The number of carboxylic acid groups (broad SMARTS) is 1. The van der Waals surface area contributed by atoms with Gasteiger partial charge in [-0.3, -0.25) is 0 Å². The lowest BCUT2D eigenvalue weighted by Crippen LogP contribution is -2.70. The standard InChI is InChI=1S/C22H28O6S/c1-12-4-9-17-13(2)19(29-15-7-5-14(6-8-15)18(23)24)25-20-22(17)16(12)10-11-21(3,26-20)27-28-22/h5-8,12-13,16-17,19-20H,4,9-11H2,1-3H3,(H,23,24)/t12-,13-,16+,17+,19+,20-,21-,22-/m1/s1. The summed E-state index contributed by atoms with van der Waals surface area (Å²) in [6.45, 7) is 6.48. The summed E-state index contributed by atoms with van der Waals surface area (Å²) in [4.78, 5) is 24.1. The van der Waals surface area contributed by atoms with Gasteiger partial charge in [-0.2, -0.15) is 0 Å². The molecule has 8 atom stereocenters. The predicted molar refractivity (Wildman–Crippen MR) is 106 cm³/mol. The third-order valence-corrected chi connectivity index (χ3v) is 8.77. The molecule has 1 saturated carbocycles. The van der Waals surface area contributed by atoms with E-state index in [1.807, 2.05) is 19.1 Å². The maximum Gasteiger partial charge on any atom is 0.335 e. The van der Waals surface area contributed by atoms with E-state index in [1.54, 1.807) is 23.9 Å². The van der Waals surface area contributed by atoms with Crippen molar-refractivity contribution in [1.82, 2.24) is 0 Å². The summed E-state index contributed by atoms with van der Waals surface area (Å²) in [7, 11) is 0. The Labute approximate surface area is 175 Å². The molecule has 0 aromatic heterocycles. The van der Waals surface area contributed by atoms with Crippen LogP contribution in [-0.2, 0) is 19.2 Å². The molecule has 5 fully saturated rings. The topological polar surface area (TPSA) is 74.2 Å². The number of aromatic carboxylic acids is 1. The highest BCUT2D eigenvalue weighted by Gasteiger charge is 2.69. The second-order valence-electron chi connectivity index (χ2n) is 9.22. The zero-order valence-electron chi connectivity index (χ0n) is 17.0. The van der Waals surface area contributed by atoms with Crippen LogP contribution in [0.25, 0.3) is 0 Å². The van der Waals surface area contributed by atoms with Gasteiger partial charge >= 0.3 is 5.97 Å². The van der Waals surface area contributed by atoms with E-state index in [0.717, 1.165) is 24.2 Å². The van der Waals surface area contributed by atoms with Crippen molar-refractivity contribution in [3.8, 4) is 0 Å². The average Bonchev–Trinajstić information content (AvgIpc) is 2.92. The predicted octanol–water partition coefficient (Wildman–Crippen LogP) is 4.68. The monoisotopic (exact) mass is 420 g/mol. The lowest BCUT2D eigenvalue weighted by atomic mass is 9.58. The number of benzene rings is 1. The highest BCUT2D eigenvalue weighted by Crippen LogP contribution is 2.61. The van der Waals surface area contributed by atoms with Gasteiger partial charge < -0.3 is 14.6 Å². The summed E-state index contributed by atoms with van der Waals surface area (Å²) in [5.41, 5.74) is -0.345. The van der Waals surface area contributed by atoms with Gasteiger partial charge in [0.15, 0.2) is 11.9 Å². The van der Waals surface area contributed by atoms with E-state index in [2.05, 4.69) is 13.8 Å². The fraction of sp³-hybridized carbons (Fsp3) is 0.682. The zero-order chi connectivity index (χ0) is 20.4. The summed E-state index contributed by atoms with van der Waals surface area (Å²) < 4.78 is 12.9. The second kappa shape index (κ2) is 6.95. The van der Waals surface area contributed by atoms with E-state index in [9.17, 15) is 4.79 Å². The number of carbonyl (C=O) groups is 1. The minimum atomic E-state index is -0.915. The number of fused-ring (bicyclic) bond motifs is 2. The third kappa shape index (κ3) is 3.05. The molecule has 6 rings (SSSR count). The van der Waals surface area contributed by atoms with Crippen molar-refractivity contribution in [2.45, 2.75) is 74.5 Å². The van der Waals surface area contributed by atoms with Gasteiger partial charge in [0, 0.05) is 17.2 Å². The van der Waals surface area contributed by atoms with E-state index in [-0.39, 0.29) is 16.9 Å². The molecule has 29 heavy (non-hydrogen) atoms. The Morgan fingerprint density at radius 2 is 1.86 bits per heavy atom. The summed E-state index contributed by atoms with van der Waals surface area (Å²) in [5, 5.41) is 9.12. The molecule has 2 bridgehead atoms. The van der Waals surface area contributed by atoms with E-state index in [4.69, 9.17) is 24.4 Å². The molecule has 4 aliphatic heterocycles. The first-order valence-corrected chi connectivity index (χ1v) is 11.4. The fourth-order valence-electron chi connectivity index (χ4n) is 5.82. The molecule has 7 heteroatoms. The molecule has 1 aromatic rings. The number of thioether (sulfide) groups is 1. The van der Waals surface area contributed by atoms with Gasteiger partial charge in [-0.05, 0) is 68.2 Å². The molecule has 0 radical (unpaired) electrons. The van der Waals surface area contributed by atoms with Crippen LogP contribution >= 0.6 is 11.8 Å². The summed E-state index contributed by atoms with van der Waals surface area (Å²) in [6, 6.07) is 6.98. The Balaban J connectivity index is 1.44. The van der Waals surface area contributed by atoms with E-state index in [1.165, 1.54) is 6.42 Å². The molecule has 1 spiro atoms. The van der Waals surface area contributed by atoms with E-state index < -0.39 is 23.6 Å². The molecular formula is C22H28O6S. The molecule has 6 nitrogen and oxygen atoms in total. The molecule has 0 unspecified atom stereocenters. The maximum atomic E-state index is 11.1. The number of rotatable bonds is 3. The first-order chi connectivity index (χ1) is 13.8. The number of hydrogen-bond acceptors (Lipinski definition) is 6. The number of carboxylic acids is 1. The Hall–Kier alpha value is -1.12. The van der Waals surface area contributed by atoms with Gasteiger partial charge in [0.25, 0.3) is 0 Å². The molecular weight excluding hydrogens is 392 g/mol. The van der Waals surface area contributed by atoms with Gasteiger partial charge in [0.2, 0.25) is 5.79 Å². The molecule has 1 aliphatic carbocycles. The molecule has 158 valence electrons. The smallest absolute Gasteiger partial charge is 0.335 e. The van der Waals surface area contributed by atoms with Crippen LogP contribution in [0.1, 0.15) is 56.8 Å².